The zero-order chi connectivity index (χ0) is 21.8. The third-order valence-electron chi connectivity index (χ3n) is 6.23. The fourth-order valence-corrected chi connectivity index (χ4v) is 4.41. The van der Waals surface area contributed by atoms with E-state index in [1.54, 1.807) is 12.0 Å². The summed E-state index contributed by atoms with van der Waals surface area (Å²) < 4.78 is 16.3. The number of quaternary nitrogens is 2. The number of ether oxygens (including phenoxy) is 3. The Bertz CT molecular complexity index is 925. The molecule has 2 heterocycles. The number of fused-ring (bicyclic) bond motifs is 1. The highest BCUT2D eigenvalue weighted by atomic mass is 16.7. The van der Waals surface area contributed by atoms with Crippen molar-refractivity contribution in [2.75, 3.05) is 46.6 Å². The van der Waals surface area contributed by atoms with E-state index in [1.165, 1.54) is 16.0 Å². The number of methoxy groups -OCH3 is 1. The summed E-state index contributed by atoms with van der Waals surface area (Å²) in [6, 6.07) is 12.1. The quantitative estimate of drug-likeness (QED) is 0.577. The van der Waals surface area contributed by atoms with Crippen LogP contribution in [0.25, 0.3) is 0 Å². The maximum Gasteiger partial charge on any atom is 0.275 e. The molecule has 2 aromatic carbocycles. The van der Waals surface area contributed by atoms with Gasteiger partial charge in [0, 0.05) is 5.56 Å². The van der Waals surface area contributed by atoms with Gasteiger partial charge in [-0.2, -0.15) is 0 Å². The molecule has 0 aromatic heterocycles. The molecule has 2 aromatic rings. The van der Waals surface area contributed by atoms with Gasteiger partial charge in [-0.25, -0.2) is 0 Å². The number of nitrogens with one attached hydrogen (secondary N) is 3. The number of carbonyl (C=O) groups is 1. The Balaban J connectivity index is 1.24. The summed E-state index contributed by atoms with van der Waals surface area (Å²) in [6.45, 7) is 9.94. The van der Waals surface area contributed by atoms with Crippen LogP contribution in [0, 0.1) is 6.92 Å². The molecule has 3 N–H and O–H groups in total. The molecule has 1 saturated heterocycles. The molecule has 0 bridgehead atoms. The van der Waals surface area contributed by atoms with E-state index in [4.69, 9.17) is 14.2 Å². The summed E-state index contributed by atoms with van der Waals surface area (Å²) in [5.74, 6) is 2.55. The number of hydrogen-bond acceptors (Lipinski definition) is 4. The van der Waals surface area contributed by atoms with Crippen LogP contribution in [0.15, 0.2) is 36.4 Å². The summed E-state index contributed by atoms with van der Waals surface area (Å²) in [7, 11) is 1.73. The maximum absolute atomic E-state index is 12.6. The molecule has 2 aliphatic rings. The van der Waals surface area contributed by atoms with Crippen LogP contribution >= 0.6 is 0 Å². The molecular formula is C24H33N3O4+2. The average molecular weight is 428 g/mol. The van der Waals surface area contributed by atoms with Gasteiger partial charge in [0.15, 0.2) is 18.0 Å². The molecule has 0 saturated carbocycles. The number of benzene rings is 2. The summed E-state index contributed by atoms with van der Waals surface area (Å²) in [5.41, 5.74) is 3.54. The third-order valence-corrected chi connectivity index (χ3v) is 6.23. The van der Waals surface area contributed by atoms with Crippen molar-refractivity contribution in [3.63, 3.8) is 0 Å². The van der Waals surface area contributed by atoms with Crippen molar-refractivity contribution < 1.29 is 28.8 Å². The van der Waals surface area contributed by atoms with Gasteiger partial charge in [0.25, 0.3) is 5.91 Å². The standard InChI is InChI=1S/C24H31N3O4/c1-17-4-6-21(29-3)20(12-17)14-26-8-10-27(11-9-26)15-24(28)25-18(2)19-5-7-22-23(13-19)31-16-30-22/h4-7,12-13,18H,8-11,14-16H2,1-3H3,(H,25,28)/p+2/t18-/m0/s1. The van der Waals surface area contributed by atoms with E-state index in [0.717, 1.165) is 55.5 Å². The van der Waals surface area contributed by atoms with Gasteiger partial charge >= 0.3 is 0 Å². The van der Waals surface area contributed by atoms with Crippen molar-refractivity contribution in [2.24, 2.45) is 0 Å². The highest BCUT2D eigenvalue weighted by Gasteiger charge is 2.26. The zero-order valence-corrected chi connectivity index (χ0v) is 18.6. The zero-order valence-electron chi connectivity index (χ0n) is 18.6. The van der Waals surface area contributed by atoms with E-state index in [1.807, 2.05) is 25.1 Å². The summed E-state index contributed by atoms with van der Waals surface area (Å²) in [4.78, 5) is 15.5. The van der Waals surface area contributed by atoms with Crippen molar-refractivity contribution in [1.29, 1.82) is 0 Å². The lowest BCUT2D eigenvalue weighted by molar-refractivity contribution is -1.02. The SMILES string of the molecule is COc1ccc(C)cc1C[NH+]1CC[NH+](CC(=O)N[C@@H](C)c2ccc3c(c2)OCO3)CC1. The van der Waals surface area contributed by atoms with Crippen LogP contribution in [-0.4, -0.2) is 52.5 Å². The Morgan fingerprint density at radius 3 is 2.58 bits per heavy atom. The van der Waals surface area contributed by atoms with E-state index in [-0.39, 0.29) is 18.7 Å². The Labute approximate surface area is 183 Å². The molecule has 1 fully saturated rings. The highest BCUT2D eigenvalue weighted by molar-refractivity contribution is 5.77. The maximum atomic E-state index is 12.6. The van der Waals surface area contributed by atoms with Gasteiger partial charge < -0.3 is 29.3 Å². The van der Waals surface area contributed by atoms with E-state index in [9.17, 15) is 4.79 Å². The van der Waals surface area contributed by atoms with Crippen LogP contribution in [0.4, 0.5) is 0 Å². The number of rotatable bonds is 7. The average Bonchev–Trinajstić information content (AvgIpc) is 3.23. The molecule has 0 spiro atoms. The molecule has 31 heavy (non-hydrogen) atoms. The molecule has 1 amide bonds. The van der Waals surface area contributed by atoms with Crippen molar-refractivity contribution in [2.45, 2.75) is 26.4 Å². The van der Waals surface area contributed by atoms with Gasteiger partial charge in [-0.3, -0.25) is 4.79 Å². The van der Waals surface area contributed by atoms with Crippen LogP contribution in [0.2, 0.25) is 0 Å². The van der Waals surface area contributed by atoms with Crippen LogP contribution in [0.3, 0.4) is 0 Å². The molecule has 0 radical (unpaired) electrons. The second kappa shape index (κ2) is 9.58. The van der Waals surface area contributed by atoms with Crippen LogP contribution in [0.1, 0.15) is 29.7 Å². The Kier molecular flexibility index (Phi) is 6.63. The van der Waals surface area contributed by atoms with Crippen LogP contribution in [0.5, 0.6) is 17.2 Å². The van der Waals surface area contributed by atoms with Gasteiger partial charge in [0.05, 0.1) is 13.2 Å². The van der Waals surface area contributed by atoms with Crippen molar-refractivity contribution in [1.82, 2.24) is 5.32 Å². The Hall–Kier alpha value is -2.77. The smallest absolute Gasteiger partial charge is 0.275 e. The summed E-state index contributed by atoms with van der Waals surface area (Å²) in [6.07, 6.45) is 0. The number of aryl methyl sites for hydroxylation is 1. The molecule has 7 heteroatoms. The third kappa shape index (κ3) is 5.29. The fourth-order valence-electron chi connectivity index (χ4n) is 4.41. The topological polar surface area (TPSA) is 65.7 Å². The van der Waals surface area contributed by atoms with E-state index in [0.29, 0.717) is 6.54 Å². The Morgan fingerprint density at radius 1 is 1.06 bits per heavy atom. The lowest BCUT2D eigenvalue weighted by Gasteiger charge is -2.30. The largest absolute Gasteiger partial charge is 0.496 e. The molecule has 166 valence electrons. The Morgan fingerprint density at radius 2 is 1.81 bits per heavy atom. The minimum absolute atomic E-state index is 0.0675. The predicted molar refractivity (Wildman–Crippen MR) is 117 cm³/mol. The van der Waals surface area contributed by atoms with Gasteiger partial charge in [-0.05, 0) is 43.7 Å². The first-order valence-corrected chi connectivity index (χ1v) is 11.0. The molecule has 0 aliphatic carbocycles. The fraction of sp³-hybridized carbons (Fsp3) is 0.458. The first-order chi connectivity index (χ1) is 15.0. The van der Waals surface area contributed by atoms with Gasteiger partial charge in [0.2, 0.25) is 6.79 Å². The molecular weight excluding hydrogens is 394 g/mol. The minimum Gasteiger partial charge on any atom is -0.496 e. The highest BCUT2D eigenvalue weighted by Crippen LogP contribution is 2.34. The molecule has 1 atom stereocenters. The minimum atomic E-state index is -0.0675. The van der Waals surface area contributed by atoms with E-state index < -0.39 is 0 Å². The molecule has 7 nitrogen and oxygen atoms in total. The van der Waals surface area contributed by atoms with E-state index in [2.05, 4.69) is 30.4 Å². The predicted octanol–water partition coefficient (Wildman–Crippen LogP) is -0.107. The molecule has 2 aliphatic heterocycles. The van der Waals surface area contributed by atoms with Crippen molar-refractivity contribution >= 4 is 5.91 Å². The van der Waals surface area contributed by atoms with Gasteiger partial charge in [-0.15, -0.1) is 0 Å². The van der Waals surface area contributed by atoms with Crippen LogP contribution < -0.4 is 29.3 Å². The second-order valence-electron chi connectivity index (χ2n) is 8.57. The normalized spacial score (nSPS) is 20.9. The number of hydrogen-bond donors (Lipinski definition) is 3. The van der Waals surface area contributed by atoms with Crippen LogP contribution in [-0.2, 0) is 11.3 Å². The lowest BCUT2D eigenvalue weighted by atomic mass is 10.1. The number of carbonyl (C=O) groups excluding carboxylic acids is 1. The molecule has 0 unspecified atom stereocenters. The van der Waals surface area contributed by atoms with Gasteiger partial charge in [0.1, 0.15) is 38.5 Å². The van der Waals surface area contributed by atoms with Gasteiger partial charge in [-0.1, -0.05) is 17.7 Å². The first kappa shape index (κ1) is 21.5. The number of piperazine rings is 1. The summed E-state index contributed by atoms with van der Waals surface area (Å²) in [5, 5.41) is 3.13. The van der Waals surface area contributed by atoms with Crippen molar-refractivity contribution in [3.05, 3.63) is 53.1 Å². The lowest BCUT2D eigenvalue weighted by Crippen LogP contribution is -3.28. The summed E-state index contributed by atoms with van der Waals surface area (Å²) >= 11 is 0. The molecule has 4 rings (SSSR count). The number of amides is 1. The first-order valence-electron chi connectivity index (χ1n) is 11.0. The van der Waals surface area contributed by atoms with E-state index >= 15 is 0 Å². The monoisotopic (exact) mass is 427 g/mol. The van der Waals surface area contributed by atoms with Crippen molar-refractivity contribution in [3.8, 4) is 17.2 Å². The second-order valence-corrected chi connectivity index (χ2v) is 8.57.